The van der Waals surface area contributed by atoms with Crippen LogP contribution in [0.4, 0.5) is 0 Å². The summed E-state index contributed by atoms with van der Waals surface area (Å²) >= 11 is 0. The summed E-state index contributed by atoms with van der Waals surface area (Å²) in [4.78, 5) is 11.3. The predicted molar refractivity (Wildman–Crippen MR) is 137 cm³/mol. The van der Waals surface area contributed by atoms with Crippen LogP contribution in [-0.2, 0) is 20.7 Å². The van der Waals surface area contributed by atoms with Crippen LogP contribution < -0.4 is 0 Å². The number of aryl methyl sites for hydroxylation is 1. The highest BCUT2D eigenvalue weighted by Gasteiger charge is 2.56. The van der Waals surface area contributed by atoms with E-state index in [0.29, 0.717) is 18.3 Å². The average molecular weight is 469 g/mol. The Balaban J connectivity index is 1.64. The smallest absolute Gasteiger partial charge is 0.305 e. The Bertz CT molecular complexity index is 786. The fraction of sp³-hybridized carbons (Fsp3) is 0.633. The Hall–Kier alpha value is -1.91. The third-order valence-corrected chi connectivity index (χ3v) is 7.82. The Kier molecular flexibility index (Phi) is 10.9. The number of hydrogen-bond donors (Lipinski definition) is 1. The van der Waals surface area contributed by atoms with Crippen molar-refractivity contribution in [1.29, 1.82) is 0 Å². The molecule has 1 saturated heterocycles. The first-order chi connectivity index (χ1) is 16.6. The number of carbonyl (C=O) groups excluding carboxylic acids is 1. The van der Waals surface area contributed by atoms with Gasteiger partial charge in [-0.1, -0.05) is 80.8 Å². The highest BCUT2D eigenvalue weighted by molar-refractivity contribution is 5.69. The number of fused-ring (bicyclic) bond motifs is 2. The fourth-order valence-corrected chi connectivity index (χ4v) is 5.81. The van der Waals surface area contributed by atoms with E-state index in [0.717, 1.165) is 58.0 Å². The van der Waals surface area contributed by atoms with Crippen LogP contribution in [0.2, 0.25) is 0 Å². The minimum atomic E-state index is -0.361. The van der Waals surface area contributed by atoms with Crippen LogP contribution in [-0.4, -0.2) is 37.0 Å². The van der Waals surface area contributed by atoms with Crippen molar-refractivity contribution in [2.75, 3.05) is 13.7 Å². The van der Waals surface area contributed by atoms with Gasteiger partial charge in [-0.15, -0.1) is 0 Å². The number of esters is 1. The molecule has 0 unspecified atom stereocenters. The summed E-state index contributed by atoms with van der Waals surface area (Å²) in [5.74, 6) is 0.734. The first-order valence-corrected chi connectivity index (χ1v) is 13.3. The molecule has 1 saturated carbocycles. The lowest BCUT2D eigenvalue weighted by molar-refractivity contribution is -0.140. The van der Waals surface area contributed by atoms with Crippen molar-refractivity contribution in [1.82, 2.24) is 0 Å². The maximum absolute atomic E-state index is 11.3. The molecule has 5 atom stereocenters. The monoisotopic (exact) mass is 468 g/mol. The van der Waals surface area contributed by atoms with Crippen molar-refractivity contribution >= 4 is 5.97 Å². The Morgan fingerprint density at radius 1 is 1.24 bits per heavy atom. The maximum Gasteiger partial charge on any atom is 0.305 e. The van der Waals surface area contributed by atoms with Gasteiger partial charge in [0, 0.05) is 17.8 Å². The number of aliphatic hydroxyl groups is 1. The lowest BCUT2D eigenvalue weighted by Crippen LogP contribution is -2.36. The van der Waals surface area contributed by atoms with E-state index in [-0.39, 0.29) is 23.6 Å². The molecule has 0 radical (unpaired) electrons. The van der Waals surface area contributed by atoms with E-state index in [2.05, 4.69) is 55.5 Å². The number of aliphatic hydroxyl groups excluding tert-OH is 1. The molecule has 1 aliphatic heterocycles. The molecule has 4 nitrogen and oxygen atoms in total. The molecule has 1 N–H and O–H groups in total. The van der Waals surface area contributed by atoms with Gasteiger partial charge in [0.2, 0.25) is 0 Å². The molecule has 1 aromatic carbocycles. The van der Waals surface area contributed by atoms with E-state index in [1.54, 1.807) is 0 Å². The van der Waals surface area contributed by atoms with Gasteiger partial charge in [-0.3, -0.25) is 4.79 Å². The molecule has 2 fully saturated rings. The van der Waals surface area contributed by atoms with Crippen LogP contribution in [0.5, 0.6) is 0 Å². The third-order valence-electron chi connectivity index (χ3n) is 7.82. The van der Waals surface area contributed by atoms with Crippen molar-refractivity contribution < 1.29 is 19.4 Å². The Labute approximate surface area is 206 Å². The number of carbonyl (C=O) groups is 1. The van der Waals surface area contributed by atoms with Crippen LogP contribution in [0, 0.1) is 17.3 Å². The Morgan fingerprint density at radius 3 is 2.82 bits per heavy atom. The second-order valence-electron chi connectivity index (χ2n) is 10.2. The van der Waals surface area contributed by atoms with Gasteiger partial charge in [0.05, 0.1) is 25.9 Å². The minimum absolute atomic E-state index is 0.138. The summed E-state index contributed by atoms with van der Waals surface area (Å²) in [6, 6.07) is 10.8. The zero-order chi connectivity index (χ0) is 24.2. The summed E-state index contributed by atoms with van der Waals surface area (Å²) in [6.07, 6.45) is 19.5. The van der Waals surface area contributed by atoms with Crippen LogP contribution in [0.15, 0.2) is 54.6 Å². The summed E-state index contributed by atoms with van der Waals surface area (Å²) in [6.45, 7) is 3.03. The summed E-state index contributed by atoms with van der Waals surface area (Å²) in [5, 5.41) is 10.5. The Morgan fingerprint density at radius 2 is 2.06 bits per heavy atom. The van der Waals surface area contributed by atoms with Gasteiger partial charge in [-0.25, -0.2) is 0 Å². The van der Waals surface area contributed by atoms with E-state index in [4.69, 9.17) is 9.47 Å². The maximum atomic E-state index is 11.3. The molecule has 2 aliphatic rings. The molecule has 188 valence electrons. The van der Waals surface area contributed by atoms with Gasteiger partial charge in [-0.05, 0) is 56.4 Å². The van der Waals surface area contributed by atoms with Gasteiger partial charge in [0.1, 0.15) is 0 Å². The number of ether oxygens (including phenoxy) is 2. The molecular formula is C30H44O4. The quantitative estimate of drug-likeness (QED) is 0.183. The van der Waals surface area contributed by atoms with Gasteiger partial charge in [0.15, 0.2) is 0 Å². The third kappa shape index (κ3) is 7.55. The largest absolute Gasteiger partial charge is 0.469 e. The van der Waals surface area contributed by atoms with Crippen molar-refractivity contribution in [2.45, 2.75) is 89.8 Å². The van der Waals surface area contributed by atoms with Crippen molar-refractivity contribution in [3.05, 3.63) is 60.2 Å². The molecule has 0 spiro atoms. The normalized spacial score (nSPS) is 27.1. The molecular weight excluding hydrogens is 424 g/mol. The molecule has 3 rings (SSSR count). The van der Waals surface area contributed by atoms with Crippen LogP contribution in [0.25, 0.3) is 0 Å². The van der Waals surface area contributed by atoms with E-state index in [1.165, 1.54) is 25.5 Å². The van der Waals surface area contributed by atoms with Crippen LogP contribution in [0.1, 0.15) is 76.7 Å². The number of hydrogen-bond acceptors (Lipinski definition) is 4. The lowest BCUT2D eigenvalue weighted by atomic mass is 9.70. The standard InChI is InChI=1S/C30H44O4/c1-3-4-8-15-25(31)18-19-26-27(16-11-5-6-12-17-29(32)33-2)30(22-28(26)34-23-30)21-20-24-13-9-7-10-14-24/h5,7,9-11,13-14,18-19,25-28,31H,3-4,6,8,12,15-17,20-23H2,1-2H3/t25-,26-,27-,28-,30-/m1/s1. The van der Waals surface area contributed by atoms with Crippen LogP contribution >= 0.6 is 0 Å². The number of allylic oxidation sites excluding steroid dienone is 2. The number of rotatable bonds is 15. The molecule has 0 aromatic heterocycles. The second kappa shape index (κ2) is 13.8. The molecule has 1 aromatic rings. The van der Waals surface area contributed by atoms with Gasteiger partial charge in [-0.2, -0.15) is 0 Å². The molecule has 1 heterocycles. The zero-order valence-corrected chi connectivity index (χ0v) is 21.2. The first-order valence-electron chi connectivity index (χ1n) is 13.3. The SMILES string of the molecule is CCCCC[C@@H](O)C=C[C@@H]1[C@@H](CC=CCCCC(=O)OC)[C@@]2(CCc3ccccc3)CO[C@@H]1C2. The molecule has 1 aliphatic carbocycles. The number of methoxy groups -OCH3 is 1. The highest BCUT2D eigenvalue weighted by atomic mass is 16.5. The molecule has 4 heteroatoms. The molecule has 34 heavy (non-hydrogen) atoms. The van der Waals surface area contributed by atoms with E-state index < -0.39 is 0 Å². The van der Waals surface area contributed by atoms with Gasteiger partial charge >= 0.3 is 5.97 Å². The first kappa shape index (κ1) is 26.7. The zero-order valence-electron chi connectivity index (χ0n) is 21.2. The number of benzene rings is 1. The second-order valence-corrected chi connectivity index (χ2v) is 10.2. The summed E-state index contributed by atoms with van der Waals surface area (Å²) in [5.41, 5.74) is 1.58. The van der Waals surface area contributed by atoms with Gasteiger partial charge in [0.25, 0.3) is 0 Å². The number of unbranched alkanes of at least 4 members (excludes halogenated alkanes) is 3. The minimum Gasteiger partial charge on any atom is -0.469 e. The van der Waals surface area contributed by atoms with E-state index in [1.807, 2.05) is 6.08 Å². The van der Waals surface area contributed by atoms with Crippen LogP contribution in [0.3, 0.4) is 0 Å². The molecule has 0 amide bonds. The van der Waals surface area contributed by atoms with Crippen molar-refractivity contribution in [3.63, 3.8) is 0 Å². The topological polar surface area (TPSA) is 55.8 Å². The summed E-state index contributed by atoms with van der Waals surface area (Å²) in [7, 11) is 1.44. The average Bonchev–Trinajstić information content (AvgIpc) is 3.41. The van der Waals surface area contributed by atoms with Crippen molar-refractivity contribution in [2.24, 2.45) is 17.3 Å². The van der Waals surface area contributed by atoms with E-state index in [9.17, 15) is 9.90 Å². The predicted octanol–water partition coefficient (Wildman–Crippen LogP) is 6.43. The lowest BCUT2D eigenvalue weighted by Gasteiger charge is -2.38. The fourth-order valence-electron chi connectivity index (χ4n) is 5.81. The van der Waals surface area contributed by atoms with Gasteiger partial charge < -0.3 is 14.6 Å². The van der Waals surface area contributed by atoms with E-state index >= 15 is 0 Å². The summed E-state index contributed by atoms with van der Waals surface area (Å²) < 4.78 is 11.0. The highest BCUT2D eigenvalue weighted by Crippen LogP contribution is 2.58. The van der Waals surface area contributed by atoms with Crippen molar-refractivity contribution in [3.8, 4) is 0 Å². The molecule has 2 bridgehead atoms.